The zero-order chi connectivity index (χ0) is 20.9. The van der Waals surface area contributed by atoms with Crippen LogP contribution in [-0.4, -0.2) is 42.7 Å². The van der Waals surface area contributed by atoms with Gasteiger partial charge < -0.3 is 25.3 Å². The summed E-state index contributed by atoms with van der Waals surface area (Å²) in [5.41, 5.74) is 3.08. The van der Waals surface area contributed by atoms with E-state index in [1.165, 1.54) is 10.9 Å². The first-order chi connectivity index (χ1) is 14.6. The van der Waals surface area contributed by atoms with E-state index >= 15 is 0 Å². The van der Waals surface area contributed by atoms with Crippen molar-refractivity contribution in [3.8, 4) is 5.75 Å². The Balaban J connectivity index is 1.26. The monoisotopic (exact) mass is 406 g/mol. The molecule has 0 spiro atoms. The van der Waals surface area contributed by atoms with Crippen molar-refractivity contribution in [1.82, 2.24) is 15.6 Å². The molecule has 1 fully saturated rings. The van der Waals surface area contributed by atoms with E-state index in [2.05, 4.69) is 21.7 Å². The lowest BCUT2D eigenvalue weighted by atomic mass is 10.1. The molecule has 3 aromatic rings. The summed E-state index contributed by atoms with van der Waals surface area (Å²) in [4.78, 5) is 29.6. The molecule has 2 heterocycles. The van der Waals surface area contributed by atoms with Gasteiger partial charge in [-0.15, -0.1) is 0 Å². The number of fused-ring (bicyclic) bond motifs is 1. The quantitative estimate of drug-likeness (QED) is 0.563. The van der Waals surface area contributed by atoms with Crippen molar-refractivity contribution in [1.29, 1.82) is 0 Å². The minimum atomic E-state index is -0.249. The van der Waals surface area contributed by atoms with Gasteiger partial charge in [-0.3, -0.25) is 4.79 Å². The van der Waals surface area contributed by atoms with Crippen LogP contribution in [0.2, 0.25) is 0 Å². The molecule has 7 nitrogen and oxygen atoms in total. The van der Waals surface area contributed by atoms with Crippen LogP contribution in [0.5, 0.6) is 5.75 Å². The summed E-state index contributed by atoms with van der Waals surface area (Å²) in [6.45, 7) is 3.52. The molecule has 3 N–H and O–H groups in total. The number of ether oxygens (including phenoxy) is 1. The number of nitrogens with zero attached hydrogens (tertiary/aromatic N) is 1. The van der Waals surface area contributed by atoms with Crippen molar-refractivity contribution < 1.29 is 14.3 Å². The third-order valence-corrected chi connectivity index (χ3v) is 5.27. The van der Waals surface area contributed by atoms with Gasteiger partial charge in [0, 0.05) is 42.3 Å². The Bertz CT molecular complexity index is 1030. The van der Waals surface area contributed by atoms with E-state index in [1.807, 2.05) is 55.6 Å². The number of H-pyrrole nitrogens is 1. The third kappa shape index (κ3) is 4.40. The summed E-state index contributed by atoms with van der Waals surface area (Å²) in [5.74, 6) is 0.778. The minimum absolute atomic E-state index is 0.00301. The van der Waals surface area contributed by atoms with Crippen LogP contribution in [0.3, 0.4) is 0 Å². The first-order valence-corrected chi connectivity index (χ1v) is 10.3. The van der Waals surface area contributed by atoms with Gasteiger partial charge in [-0.1, -0.05) is 18.2 Å². The number of urea groups is 1. The lowest BCUT2D eigenvalue weighted by Crippen LogP contribution is -2.43. The molecule has 0 radical (unpaired) electrons. The van der Waals surface area contributed by atoms with Crippen LogP contribution in [0.25, 0.3) is 10.9 Å². The fourth-order valence-electron chi connectivity index (χ4n) is 3.83. The number of aromatic nitrogens is 1. The number of benzene rings is 2. The molecule has 30 heavy (non-hydrogen) atoms. The molecule has 2 aromatic carbocycles. The number of anilines is 1. The highest BCUT2D eigenvalue weighted by atomic mass is 16.5. The maximum absolute atomic E-state index is 12.4. The molecule has 0 aliphatic carbocycles. The molecule has 7 heteroatoms. The van der Waals surface area contributed by atoms with Gasteiger partial charge in [-0.05, 0) is 49.2 Å². The fraction of sp³-hybridized carbons (Fsp3) is 0.304. The minimum Gasteiger partial charge on any atom is -0.494 e. The zero-order valence-electron chi connectivity index (χ0n) is 17.0. The second-order valence-electron chi connectivity index (χ2n) is 7.34. The number of nitrogens with one attached hydrogen (secondary N) is 3. The largest absolute Gasteiger partial charge is 0.494 e. The molecule has 1 atom stereocenters. The first-order valence-electron chi connectivity index (χ1n) is 10.3. The molecule has 1 aromatic heterocycles. The zero-order valence-corrected chi connectivity index (χ0v) is 17.0. The van der Waals surface area contributed by atoms with Crippen LogP contribution < -0.4 is 20.3 Å². The molecular weight excluding hydrogens is 380 g/mol. The van der Waals surface area contributed by atoms with Crippen molar-refractivity contribution in [2.45, 2.75) is 25.8 Å². The number of carbonyl (C=O) groups is 2. The molecule has 1 saturated heterocycles. The van der Waals surface area contributed by atoms with Crippen molar-refractivity contribution >= 4 is 28.5 Å². The van der Waals surface area contributed by atoms with Gasteiger partial charge >= 0.3 is 6.03 Å². The van der Waals surface area contributed by atoms with Crippen molar-refractivity contribution in [3.63, 3.8) is 0 Å². The SMILES string of the molecule is CCOc1ccc(N2C[C@H](NC(=O)NCCc3c[nH]c4ccccc34)CC2=O)cc1. The number of rotatable bonds is 7. The smallest absolute Gasteiger partial charge is 0.315 e. The average molecular weight is 406 g/mol. The number of hydrogen-bond acceptors (Lipinski definition) is 3. The normalized spacial score (nSPS) is 16.1. The summed E-state index contributed by atoms with van der Waals surface area (Å²) < 4.78 is 5.44. The Kier molecular flexibility index (Phi) is 5.88. The standard InChI is InChI=1S/C23H26N4O3/c1-2-30-19-9-7-18(8-10-19)27-15-17(13-22(27)28)26-23(29)24-12-11-16-14-25-21-6-4-3-5-20(16)21/h3-10,14,17,25H,2,11-13,15H2,1H3,(H2,24,26,29)/t17-/m1/s1. The van der Waals surface area contributed by atoms with Crippen LogP contribution in [0.4, 0.5) is 10.5 Å². The second kappa shape index (κ2) is 8.90. The molecule has 0 saturated carbocycles. The number of para-hydroxylation sites is 1. The van der Waals surface area contributed by atoms with Gasteiger partial charge in [-0.25, -0.2) is 4.79 Å². The summed E-state index contributed by atoms with van der Waals surface area (Å²) in [7, 11) is 0. The number of aromatic amines is 1. The Morgan fingerprint density at radius 3 is 2.80 bits per heavy atom. The highest BCUT2D eigenvalue weighted by Gasteiger charge is 2.31. The number of amides is 3. The molecule has 0 unspecified atom stereocenters. The molecule has 4 rings (SSSR count). The summed E-state index contributed by atoms with van der Waals surface area (Å²) in [5, 5.41) is 6.98. The molecular formula is C23H26N4O3. The topological polar surface area (TPSA) is 86.5 Å². The Labute approximate surface area is 175 Å². The lowest BCUT2D eigenvalue weighted by molar-refractivity contribution is -0.117. The van der Waals surface area contributed by atoms with E-state index in [1.54, 1.807) is 4.90 Å². The Hall–Kier alpha value is -3.48. The number of hydrogen-bond donors (Lipinski definition) is 3. The van der Waals surface area contributed by atoms with Gasteiger partial charge in [0.2, 0.25) is 5.91 Å². The van der Waals surface area contributed by atoms with E-state index in [9.17, 15) is 9.59 Å². The first kappa shape index (κ1) is 19.8. The van der Waals surface area contributed by atoms with Gasteiger partial charge in [-0.2, -0.15) is 0 Å². The van der Waals surface area contributed by atoms with Crippen molar-refractivity contribution in [2.24, 2.45) is 0 Å². The predicted molar refractivity (Wildman–Crippen MR) is 117 cm³/mol. The van der Waals surface area contributed by atoms with Crippen LogP contribution in [0.15, 0.2) is 54.7 Å². The molecule has 156 valence electrons. The highest BCUT2D eigenvalue weighted by Crippen LogP contribution is 2.24. The Morgan fingerprint density at radius 2 is 2.00 bits per heavy atom. The molecule has 1 aliphatic rings. The van der Waals surface area contributed by atoms with Crippen LogP contribution in [0.1, 0.15) is 18.9 Å². The van der Waals surface area contributed by atoms with Crippen molar-refractivity contribution in [3.05, 3.63) is 60.3 Å². The van der Waals surface area contributed by atoms with Gasteiger partial charge in [0.1, 0.15) is 5.75 Å². The molecule has 1 aliphatic heterocycles. The lowest BCUT2D eigenvalue weighted by Gasteiger charge is -2.18. The van der Waals surface area contributed by atoms with Crippen LogP contribution in [-0.2, 0) is 11.2 Å². The van der Waals surface area contributed by atoms with E-state index < -0.39 is 0 Å². The van der Waals surface area contributed by atoms with Gasteiger partial charge in [0.25, 0.3) is 0 Å². The number of carbonyl (C=O) groups excluding carboxylic acids is 2. The van der Waals surface area contributed by atoms with E-state index in [0.717, 1.165) is 23.4 Å². The van der Waals surface area contributed by atoms with Crippen molar-refractivity contribution in [2.75, 3.05) is 24.6 Å². The Morgan fingerprint density at radius 1 is 1.20 bits per heavy atom. The predicted octanol–water partition coefficient (Wildman–Crippen LogP) is 3.21. The van der Waals surface area contributed by atoms with E-state index in [0.29, 0.717) is 26.1 Å². The van der Waals surface area contributed by atoms with Crippen LogP contribution >= 0.6 is 0 Å². The maximum Gasteiger partial charge on any atom is 0.315 e. The molecule has 3 amide bonds. The third-order valence-electron chi connectivity index (χ3n) is 5.27. The summed E-state index contributed by atoms with van der Waals surface area (Å²) >= 11 is 0. The summed E-state index contributed by atoms with van der Waals surface area (Å²) in [6, 6.07) is 15.1. The van der Waals surface area contributed by atoms with Gasteiger partial charge in [0.05, 0.1) is 12.6 Å². The average Bonchev–Trinajstić information content (AvgIpc) is 3.32. The van der Waals surface area contributed by atoms with E-state index in [4.69, 9.17) is 4.74 Å². The highest BCUT2D eigenvalue weighted by molar-refractivity contribution is 5.96. The van der Waals surface area contributed by atoms with E-state index in [-0.39, 0.29) is 18.0 Å². The molecule has 0 bridgehead atoms. The summed E-state index contributed by atoms with van der Waals surface area (Å²) in [6.07, 6.45) is 3.01. The maximum atomic E-state index is 12.4. The second-order valence-corrected chi connectivity index (χ2v) is 7.34. The van der Waals surface area contributed by atoms with Gasteiger partial charge in [0.15, 0.2) is 0 Å². The van der Waals surface area contributed by atoms with Crippen LogP contribution in [0, 0.1) is 0 Å². The fourth-order valence-corrected chi connectivity index (χ4v) is 3.83.